The van der Waals surface area contributed by atoms with Gasteiger partial charge in [-0.15, -0.1) is 0 Å². The van der Waals surface area contributed by atoms with E-state index in [1.165, 1.54) is 19.3 Å². The second-order valence-corrected chi connectivity index (χ2v) is 7.51. The summed E-state index contributed by atoms with van der Waals surface area (Å²) in [6, 6.07) is 6.45. The molecular formula is C13H16ClNO2S. The fraction of sp³-hybridized carbons (Fsp3) is 0.538. The van der Waals surface area contributed by atoms with Gasteiger partial charge < -0.3 is 0 Å². The highest BCUT2D eigenvalue weighted by Gasteiger charge is 2.41. The van der Waals surface area contributed by atoms with E-state index in [9.17, 15) is 8.42 Å². The van der Waals surface area contributed by atoms with Gasteiger partial charge in [0.2, 0.25) is 10.0 Å². The van der Waals surface area contributed by atoms with Crippen LogP contribution in [0, 0.1) is 11.8 Å². The van der Waals surface area contributed by atoms with Gasteiger partial charge in [-0.25, -0.2) is 13.1 Å². The van der Waals surface area contributed by atoms with Crippen molar-refractivity contribution in [3.8, 4) is 0 Å². The molecule has 3 rings (SSSR count). The van der Waals surface area contributed by atoms with E-state index in [2.05, 4.69) is 4.72 Å². The van der Waals surface area contributed by atoms with Crippen LogP contribution in [0.2, 0.25) is 5.02 Å². The molecule has 1 aromatic carbocycles. The molecule has 1 aromatic rings. The fourth-order valence-corrected chi connectivity index (χ4v) is 4.71. The molecule has 3 atom stereocenters. The first-order valence-corrected chi connectivity index (χ1v) is 8.18. The Bertz CT molecular complexity index is 541. The average molecular weight is 286 g/mol. The zero-order valence-corrected chi connectivity index (χ0v) is 11.5. The lowest BCUT2D eigenvalue weighted by Gasteiger charge is -2.22. The number of sulfonamides is 1. The fourth-order valence-electron chi connectivity index (χ4n) is 3.27. The predicted molar refractivity (Wildman–Crippen MR) is 71.0 cm³/mol. The third-order valence-electron chi connectivity index (χ3n) is 4.17. The maximum absolute atomic E-state index is 12.2. The number of hydrogen-bond acceptors (Lipinski definition) is 2. The van der Waals surface area contributed by atoms with Crippen molar-refractivity contribution in [2.45, 2.75) is 36.6 Å². The second kappa shape index (κ2) is 4.51. The molecule has 3 nitrogen and oxygen atoms in total. The number of rotatable bonds is 3. The molecule has 0 radical (unpaired) electrons. The quantitative estimate of drug-likeness (QED) is 0.928. The SMILES string of the molecule is O=S(=O)(N[C@@H]1C[C@H]2CC[C@H]1C2)c1ccc(Cl)cc1. The minimum Gasteiger partial charge on any atom is -0.208 e. The molecule has 18 heavy (non-hydrogen) atoms. The van der Waals surface area contributed by atoms with Crippen molar-refractivity contribution in [1.29, 1.82) is 0 Å². The standard InChI is InChI=1S/C13H16ClNO2S/c14-11-3-5-12(6-4-11)18(16,17)15-13-8-9-1-2-10(13)7-9/h3-6,9-10,13,15H,1-2,7-8H2/t9-,10-,13+/m0/s1. The summed E-state index contributed by atoms with van der Waals surface area (Å²) in [7, 11) is -3.39. The first-order valence-electron chi connectivity index (χ1n) is 6.32. The molecule has 0 spiro atoms. The van der Waals surface area contributed by atoms with Gasteiger partial charge in [0, 0.05) is 11.1 Å². The van der Waals surface area contributed by atoms with Gasteiger partial charge in [-0.2, -0.15) is 0 Å². The van der Waals surface area contributed by atoms with Crippen LogP contribution in [0.5, 0.6) is 0 Å². The van der Waals surface area contributed by atoms with Crippen LogP contribution in [0.15, 0.2) is 29.2 Å². The van der Waals surface area contributed by atoms with E-state index in [0.717, 1.165) is 12.3 Å². The van der Waals surface area contributed by atoms with Gasteiger partial charge >= 0.3 is 0 Å². The average Bonchev–Trinajstić information content (AvgIpc) is 2.91. The van der Waals surface area contributed by atoms with Crippen molar-refractivity contribution in [2.24, 2.45) is 11.8 Å². The van der Waals surface area contributed by atoms with Crippen LogP contribution in [-0.2, 0) is 10.0 Å². The van der Waals surface area contributed by atoms with Crippen molar-refractivity contribution < 1.29 is 8.42 Å². The van der Waals surface area contributed by atoms with E-state index in [4.69, 9.17) is 11.6 Å². The Kier molecular flexibility index (Phi) is 3.12. The molecule has 2 bridgehead atoms. The molecule has 2 aliphatic carbocycles. The van der Waals surface area contributed by atoms with Gasteiger partial charge in [0.1, 0.15) is 0 Å². The van der Waals surface area contributed by atoms with E-state index < -0.39 is 10.0 Å². The summed E-state index contributed by atoms with van der Waals surface area (Å²) in [5, 5.41) is 0.550. The molecule has 0 amide bonds. The molecule has 2 fully saturated rings. The minimum atomic E-state index is -3.39. The second-order valence-electron chi connectivity index (χ2n) is 5.36. The van der Waals surface area contributed by atoms with Gasteiger partial charge in [-0.05, 0) is 55.4 Å². The Morgan fingerprint density at radius 1 is 1.11 bits per heavy atom. The van der Waals surface area contributed by atoms with Crippen LogP contribution in [0.25, 0.3) is 0 Å². The first kappa shape index (κ1) is 12.5. The lowest BCUT2D eigenvalue weighted by molar-refractivity contribution is 0.390. The maximum Gasteiger partial charge on any atom is 0.240 e. The largest absolute Gasteiger partial charge is 0.240 e. The molecule has 0 heterocycles. The molecule has 0 saturated heterocycles. The number of fused-ring (bicyclic) bond motifs is 2. The zero-order valence-electron chi connectivity index (χ0n) is 9.97. The highest BCUT2D eigenvalue weighted by atomic mass is 35.5. The van der Waals surface area contributed by atoms with Crippen LogP contribution >= 0.6 is 11.6 Å². The van der Waals surface area contributed by atoms with Crippen molar-refractivity contribution in [3.05, 3.63) is 29.3 Å². The monoisotopic (exact) mass is 285 g/mol. The molecule has 0 unspecified atom stereocenters. The Balaban J connectivity index is 1.77. The third-order valence-corrected chi connectivity index (χ3v) is 5.93. The van der Waals surface area contributed by atoms with Gasteiger partial charge in [-0.3, -0.25) is 0 Å². The normalized spacial score (nSPS) is 30.8. The number of hydrogen-bond donors (Lipinski definition) is 1. The Labute approximate surface area is 113 Å². The molecule has 5 heteroatoms. The summed E-state index contributed by atoms with van der Waals surface area (Å²) in [5.41, 5.74) is 0. The lowest BCUT2D eigenvalue weighted by Crippen LogP contribution is -2.38. The number of halogens is 1. The summed E-state index contributed by atoms with van der Waals surface area (Å²) in [4.78, 5) is 0.301. The molecule has 1 N–H and O–H groups in total. The highest BCUT2D eigenvalue weighted by molar-refractivity contribution is 7.89. The van der Waals surface area contributed by atoms with Gasteiger partial charge in [-0.1, -0.05) is 18.0 Å². The Morgan fingerprint density at radius 3 is 2.39 bits per heavy atom. The van der Waals surface area contributed by atoms with Crippen LogP contribution in [-0.4, -0.2) is 14.5 Å². The molecule has 0 aliphatic heterocycles. The van der Waals surface area contributed by atoms with Crippen LogP contribution < -0.4 is 4.72 Å². The third kappa shape index (κ3) is 2.29. The predicted octanol–water partition coefficient (Wildman–Crippen LogP) is 2.81. The van der Waals surface area contributed by atoms with Crippen molar-refractivity contribution in [3.63, 3.8) is 0 Å². The van der Waals surface area contributed by atoms with Crippen LogP contribution in [0.4, 0.5) is 0 Å². The lowest BCUT2D eigenvalue weighted by atomic mass is 9.96. The topological polar surface area (TPSA) is 46.2 Å². The Morgan fingerprint density at radius 2 is 1.83 bits per heavy atom. The van der Waals surface area contributed by atoms with Crippen molar-refractivity contribution >= 4 is 21.6 Å². The highest BCUT2D eigenvalue weighted by Crippen LogP contribution is 2.44. The summed E-state index contributed by atoms with van der Waals surface area (Å²) in [5.74, 6) is 1.27. The summed E-state index contributed by atoms with van der Waals surface area (Å²) >= 11 is 5.77. The Hall–Kier alpha value is -0.580. The number of benzene rings is 1. The number of nitrogens with one attached hydrogen (secondary N) is 1. The molecule has 0 aromatic heterocycles. The van der Waals surface area contributed by atoms with Crippen molar-refractivity contribution in [2.75, 3.05) is 0 Å². The van der Waals surface area contributed by atoms with E-state index in [0.29, 0.717) is 15.8 Å². The molecule has 2 saturated carbocycles. The van der Waals surface area contributed by atoms with Gasteiger partial charge in [0.25, 0.3) is 0 Å². The summed E-state index contributed by atoms with van der Waals surface area (Å²) < 4.78 is 27.3. The minimum absolute atomic E-state index is 0.129. The maximum atomic E-state index is 12.2. The summed E-state index contributed by atoms with van der Waals surface area (Å²) in [6.07, 6.45) is 4.62. The zero-order chi connectivity index (χ0) is 12.8. The smallest absolute Gasteiger partial charge is 0.208 e. The van der Waals surface area contributed by atoms with E-state index in [1.54, 1.807) is 24.3 Å². The van der Waals surface area contributed by atoms with Crippen LogP contribution in [0.3, 0.4) is 0 Å². The van der Waals surface area contributed by atoms with Gasteiger partial charge in [0.05, 0.1) is 4.90 Å². The van der Waals surface area contributed by atoms with E-state index in [-0.39, 0.29) is 6.04 Å². The van der Waals surface area contributed by atoms with Crippen LogP contribution in [0.1, 0.15) is 25.7 Å². The van der Waals surface area contributed by atoms with Gasteiger partial charge in [0.15, 0.2) is 0 Å². The van der Waals surface area contributed by atoms with Crippen molar-refractivity contribution in [1.82, 2.24) is 4.72 Å². The molecule has 98 valence electrons. The van der Waals surface area contributed by atoms with E-state index >= 15 is 0 Å². The molecule has 2 aliphatic rings. The van der Waals surface area contributed by atoms with E-state index in [1.807, 2.05) is 0 Å². The molecular weight excluding hydrogens is 270 g/mol. The summed E-state index contributed by atoms with van der Waals surface area (Å²) in [6.45, 7) is 0. The first-order chi connectivity index (χ1) is 8.54.